The lowest BCUT2D eigenvalue weighted by molar-refractivity contribution is -0.139. The van der Waals surface area contributed by atoms with Gasteiger partial charge in [-0.25, -0.2) is 0 Å². The van der Waals surface area contributed by atoms with Crippen molar-refractivity contribution in [1.29, 1.82) is 0 Å². The molecule has 3 nitrogen and oxygen atoms in total. The van der Waals surface area contributed by atoms with Crippen molar-refractivity contribution >= 4 is 29.1 Å². The van der Waals surface area contributed by atoms with Crippen molar-refractivity contribution in [1.82, 2.24) is 5.32 Å². The summed E-state index contributed by atoms with van der Waals surface area (Å²) in [4.78, 5) is 13.5. The van der Waals surface area contributed by atoms with Crippen LogP contribution in [-0.2, 0) is 22.5 Å². The van der Waals surface area contributed by atoms with Crippen LogP contribution in [0.25, 0.3) is 0 Å². The van der Waals surface area contributed by atoms with Crippen LogP contribution in [0, 0.1) is 0 Å². The van der Waals surface area contributed by atoms with Gasteiger partial charge in [-0.2, -0.15) is 11.8 Å². The molecular formula is C13H21NO2S2. The number of thioether (sulfide) groups is 1. The molecule has 0 spiro atoms. The molecular weight excluding hydrogens is 266 g/mol. The molecule has 1 rings (SSSR count). The summed E-state index contributed by atoms with van der Waals surface area (Å²) in [5, 5.41) is 3.42. The molecule has 0 bridgehead atoms. The molecule has 1 aromatic heterocycles. The molecule has 5 heteroatoms. The first-order valence-corrected chi connectivity index (χ1v) is 8.16. The highest BCUT2D eigenvalue weighted by Crippen LogP contribution is 2.17. The first-order valence-electron chi connectivity index (χ1n) is 6.19. The molecule has 1 aromatic rings. The second kappa shape index (κ2) is 9.42. The Kier molecular flexibility index (Phi) is 8.13. The number of nitrogens with one attached hydrogen (secondary N) is 1. The van der Waals surface area contributed by atoms with Gasteiger partial charge in [-0.3, -0.25) is 4.79 Å². The molecule has 1 heterocycles. The molecule has 0 aliphatic rings. The maximum atomic E-state index is 11.1. The Bertz CT molecular complexity index is 353. The largest absolute Gasteiger partial charge is 0.469 e. The minimum Gasteiger partial charge on any atom is -0.469 e. The summed E-state index contributed by atoms with van der Waals surface area (Å²) in [6.07, 6.45) is 1.59. The number of thiophene rings is 1. The lowest BCUT2D eigenvalue weighted by atomic mass is 10.3. The minimum atomic E-state index is -0.173. The second-order valence-corrected chi connectivity index (χ2v) is 6.49. The fourth-order valence-electron chi connectivity index (χ4n) is 1.48. The van der Waals surface area contributed by atoms with Crippen LogP contribution in [0.15, 0.2) is 12.1 Å². The van der Waals surface area contributed by atoms with Gasteiger partial charge < -0.3 is 10.1 Å². The predicted octanol–water partition coefficient (Wildman–Crippen LogP) is 2.70. The summed E-state index contributed by atoms with van der Waals surface area (Å²) in [6, 6.07) is 4.09. The van der Waals surface area contributed by atoms with Gasteiger partial charge >= 0.3 is 5.97 Å². The standard InChI is InChI=1S/C13H21NO2S2/c1-3-17-8-4-7-14-10-12-6-5-11(18-12)9-13(15)16-2/h5-6,14H,3-4,7-10H2,1-2H3. The Morgan fingerprint density at radius 1 is 1.44 bits per heavy atom. The molecule has 1 N–H and O–H groups in total. The molecule has 0 amide bonds. The third kappa shape index (κ3) is 6.42. The first-order chi connectivity index (χ1) is 8.76. The fourth-order valence-corrected chi connectivity index (χ4v) is 3.09. The minimum absolute atomic E-state index is 0.173. The SMILES string of the molecule is CCSCCCNCc1ccc(CC(=O)OC)s1. The van der Waals surface area contributed by atoms with Crippen molar-refractivity contribution in [2.45, 2.75) is 26.3 Å². The normalized spacial score (nSPS) is 10.6. The van der Waals surface area contributed by atoms with E-state index in [-0.39, 0.29) is 5.97 Å². The van der Waals surface area contributed by atoms with Crippen LogP contribution in [-0.4, -0.2) is 31.1 Å². The zero-order chi connectivity index (χ0) is 13.2. The van der Waals surface area contributed by atoms with E-state index in [9.17, 15) is 4.79 Å². The molecule has 0 saturated heterocycles. The Hall–Kier alpha value is -0.520. The summed E-state index contributed by atoms with van der Waals surface area (Å²) in [5.74, 6) is 2.25. The summed E-state index contributed by atoms with van der Waals surface area (Å²) in [6.45, 7) is 4.13. The van der Waals surface area contributed by atoms with Gasteiger partial charge in [0.1, 0.15) is 0 Å². The lowest BCUT2D eigenvalue weighted by Crippen LogP contribution is -2.14. The van der Waals surface area contributed by atoms with Crippen LogP contribution in [0.3, 0.4) is 0 Å². The highest BCUT2D eigenvalue weighted by atomic mass is 32.2. The van der Waals surface area contributed by atoms with Crippen molar-refractivity contribution < 1.29 is 9.53 Å². The third-order valence-electron chi connectivity index (χ3n) is 2.41. The number of ether oxygens (including phenoxy) is 1. The summed E-state index contributed by atoms with van der Waals surface area (Å²) < 4.78 is 4.65. The van der Waals surface area contributed by atoms with Gasteiger partial charge in [0.05, 0.1) is 13.5 Å². The Morgan fingerprint density at radius 2 is 2.22 bits per heavy atom. The lowest BCUT2D eigenvalue weighted by Gasteiger charge is -2.02. The summed E-state index contributed by atoms with van der Waals surface area (Å²) in [7, 11) is 1.42. The Balaban J connectivity index is 2.17. The van der Waals surface area contributed by atoms with Crippen LogP contribution in [0.5, 0.6) is 0 Å². The molecule has 0 radical (unpaired) electrons. The van der Waals surface area contributed by atoms with E-state index in [4.69, 9.17) is 0 Å². The molecule has 0 aliphatic carbocycles. The number of esters is 1. The third-order valence-corrected chi connectivity index (χ3v) is 4.48. The zero-order valence-corrected chi connectivity index (χ0v) is 12.7. The van der Waals surface area contributed by atoms with Gasteiger partial charge in [-0.05, 0) is 36.6 Å². The molecule has 0 saturated carbocycles. The number of methoxy groups -OCH3 is 1. The zero-order valence-electron chi connectivity index (χ0n) is 11.0. The van der Waals surface area contributed by atoms with Crippen molar-refractivity contribution in [3.8, 4) is 0 Å². The number of rotatable bonds is 9. The van der Waals surface area contributed by atoms with E-state index in [0.29, 0.717) is 6.42 Å². The van der Waals surface area contributed by atoms with Gasteiger partial charge in [0.2, 0.25) is 0 Å². The predicted molar refractivity (Wildman–Crippen MR) is 79.4 cm³/mol. The number of hydrogen-bond donors (Lipinski definition) is 1. The Labute approximate surface area is 117 Å². The molecule has 0 atom stereocenters. The van der Waals surface area contributed by atoms with Gasteiger partial charge in [0, 0.05) is 16.3 Å². The maximum absolute atomic E-state index is 11.1. The van der Waals surface area contributed by atoms with Crippen molar-refractivity contribution in [2.24, 2.45) is 0 Å². The van der Waals surface area contributed by atoms with E-state index < -0.39 is 0 Å². The molecule has 18 heavy (non-hydrogen) atoms. The van der Waals surface area contributed by atoms with E-state index in [1.165, 1.54) is 29.9 Å². The van der Waals surface area contributed by atoms with E-state index in [0.717, 1.165) is 18.0 Å². The van der Waals surface area contributed by atoms with E-state index in [1.807, 2.05) is 17.8 Å². The quantitative estimate of drug-likeness (QED) is 0.560. The van der Waals surface area contributed by atoms with Crippen molar-refractivity contribution in [3.05, 3.63) is 21.9 Å². The Morgan fingerprint density at radius 3 is 2.94 bits per heavy atom. The summed E-state index contributed by atoms with van der Waals surface area (Å²) in [5.41, 5.74) is 0. The fraction of sp³-hybridized carbons (Fsp3) is 0.615. The highest BCUT2D eigenvalue weighted by molar-refractivity contribution is 7.99. The topological polar surface area (TPSA) is 38.3 Å². The van der Waals surface area contributed by atoms with E-state index in [1.54, 1.807) is 11.3 Å². The second-order valence-electron chi connectivity index (χ2n) is 3.85. The number of hydrogen-bond acceptors (Lipinski definition) is 5. The van der Waals surface area contributed by atoms with Gasteiger partial charge in [0.25, 0.3) is 0 Å². The summed E-state index contributed by atoms with van der Waals surface area (Å²) >= 11 is 3.66. The number of carbonyl (C=O) groups is 1. The smallest absolute Gasteiger partial charge is 0.310 e. The molecule has 0 fully saturated rings. The van der Waals surface area contributed by atoms with Crippen LogP contribution in [0.4, 0.5) is 0 Å². The molecule has 0 aliphatic heterocycles. The van der Waals surface area contributed by atoms with Crippen LogP contribution in [0.2, 0.25) is 0 Å². The van der Waals surface area contributed by atoms with Gasteiger partial charge in [0.15, 0.2) is 0 Å². The van der Waals surface area contributed by atoms with Crippen LogP contribution >= 0.6 is 23.1 Å². The monoisotopic (exact) mass is 287 g/mol. The first kappa shape index (κ1) is 15.5. The average Bonchev–Trinajstić information content (AvgIpc) is 2.81. The highest BCUT2D eigenvalue weighted by Gasteiger charge is 2.05. The van der Waals surface area contributed by atoms with Crippen molar-refractivity contribution in [3.63, 3.8) is 0 Å². The van der Waals surface area contributed by atoms with E-state index in [2.05, 4.69) is 23.0 Å². The van der Waals surface area contributed by atoms with E-state index >= 15 is 0 Å². The van der Waals surface area contributed by atoms with Gasteiger partial charge in [-0.1, -0.05) is 6.92 Å². The molecule has 0 unspecified atom stereocenters. The number of carbonyl (C=O) groups excluding carboxylic acids is 1. The maximum Gasteiger partial charge on any atom is 0.310 e. The van der Waals surface area contributed by atoms with Crippen LogP contribution in [0.1, 0.15) is 23.1 Å². The van der Waals surface area contributed by atoms with Crippen LogP contribution < -0.4 is 5.32 Å². The average molecular weight is 287 g/mol. The van der Waals surface area contributed by atoms with Gasteiger partial charge in [-0.15, -0.1) is 11.3 Å². The molecule has 102 valence electrons. The molecule has 0 aromatic carbocycles. The van der Waals surface area contributed by atoms with Crippen molar-refractivity contribution in [2.75, 3.05) is 25.2 Å².